The molecule has 0 saturated heterocycles. The minimum atomic E-state index is -0.566. The summed E-state index contributed by atoms with van der Waals surface area (Å²) in [6.07, 6.45) is 0.933. The van der Waals surface area contributed by atoms with Crippen molar-refractivity contribution in [3.8, 4) is 11.8 Å². The Morgan fingerprint density at radius 3 is 2.71 bits per heavy atom. The molecule has 0 amide bonds. The molecule has 1 aromatic carbocycles. The molecule has 0 atom stereocenters. The van der Waals surface area contributed by atoms with Gasteiger partial charge in [0.2, 0.25) is 0 Å². The van der Waals surface area contributed by atoms with Gasteiger partial charge in [-0.15, -0.1) is 0 Å². The van der Waals surface area contributed by atoms with Crippen LogP contribution in [-0.2, 0) is 6.42 Å². The van der Waals surface area contributed by atoms with Crippen LogP contribution < -0.4 is 0 Å². The highest BCUT2D eigenvalue weighted by atomic mass is 19.1. The van der Waals surface area contributed by atoms with E-state index in [4.69, 9.17) is 5.26 Å². The lowest BCUT2D eigenvalue weighted by molar-refractivity contribution is 0.425. The summed E-state index contributed by atoms with van der Waals surface area (Å²) in [6, 6.07) is 3.70. The van der Waals surface area contributed by atoms with Crippen LogP contribution in [-0.4, -0.2) is 5.11 Å². The summed E-state index contributed by atoms with van der Waals surface area (Å²) in [5, 5.41) is 17.8. The average Bonchev–Trinajstić information content (AvgIpc) is 2.18. The Kier molecular flexibility index (Phi) is 3.08. The number of aryl methyl sites for hydroxylation is 2. The number of aromatic hydroxyl groups is 1. The van der Waals surface area contributed by atoms with Gasteiger partial charge in [-0.25, -0.2) is 4.39 Å². The molecule has 1 rings (SSSR count). The van der Waals surface area contributed by atoms with Crippen LogP contribution in [0.4, 0.5) is 4.39 Å². The van der Waals surface area contributed by atoms with E-state index in [1.807, 2.05) is 6.07 Å². The maximum Gasteiger partial charge on any atom is 0.167 e. The van der Waals surface area contributed by atoms with Crippen molar-refractivity contribution in [3.63, 3.8) is 0 Å². The zero-order chi connectivity index (χ0) is 10.7. The van der Waals surface area contributed by atoms with Crippen LogP contribution in [0.2, 0.25) is 0 Å². The zero-order valence-corrected chi connectivity index (χ0v) is 8.26. The lowest BCUT2D eigenvalue weighted by Crippen LogP contribution is -1.95. The highest BCUT2D eigenvalue weighted by Crippen LogP contribution is 2.27. The molecule has 0 fully saturated rings. The van der Waals surface area contributed by atoms with E-state index >= 15 is 0 Å². The topological polar surface area (TPSA) is 44.0 Å². The van der Waals surface area contributed by atoms with Crippen molar-refractivity contribution >= 4 is 0 Å². The maximum absolute atomic E-state index is 13.2. The van der Waals surface area contributed by atoms with E-state index in [9.17, 15) is 9.50 Å². The Bertz CT molecular complexity index is 393. The van der Waals surface area contributed by atoms with E-state index in [2.05, 4.69) is 0 Å². The van der Waals surface area contributed by atoms with Crippen LogP contribution in [0.5, 0.6) is 5.75 Å². The van der Waals surface area contributed by atoms with E-state index < -0.39 is 5.82 Å². The predicted molar refractivity (Wildman–Crippen MR) is 51.5 cm³/mol. The average molecular weight is 193 g/mol. The fraction of sp³-hybridized carbons (Fsp3) is 0.364. The SMILES string of the molecule is Cc1cc(CCC#N)c(C)c(O)c1F. The lowest BCUT2D eigenvalue weighted by Gasteiger charge is -2.09. The van der Waals surface area contributed by atoms with E-state index in [-0.39, 0.29) is 5.75 Å². The van der Waals surface area contributed by atoms with Gasteiger partial charge in [0.1, 0.15) is 0 Å². The molecule has 14 heavy (non-hydrogen) atoms. The monoisotopic (exact) mass is 193 g/mol. The molecule has 0 bridgehead atoms. The molecule has 1 aromatic rings. The fourth-order valence-corrected chi connectivity index (χ4v) is 1.39. The number of phenols is 1. The third-order valence-electron chi connectivity index (χ3n) is 2.29. The molecule has 0 heterocycles. The van der Waals surface area contributed by atoms with Gasteiger partial charge in [-0.3, -0.25) is 0 Å². The van der Waals surface area contributed by atoms with Crippen molar-refractivity contribution < 1.29 is 9.50 Å². The third-order valence-corrected chi connectivity index (χ3v) is 2.29. The van der Waals surface area contributed by atoms with Crippen molar-refractivity contribution in [1.29, 1.82) is 5.26 Å². The smallest absolute Gasteiger partial charge is 0.167 e. The van der Waals surface area contributed by atoms with Gasteiger partial charge in [-0.1, -0.05) is 6.07 Å². The Morgan fingerprint density at radius 2 is 2.14 bits per heavy atom. The third kappa shape index (κ3) is 1.85. The molecule has 3 heteroatoms. The number of rotatable bonds is 2. The quantitative estimate of drug-likeness (QED) is 0.784. The number of benzene rings is 1. The molecule has 0 spiro atoms. The molecule has 0 aromatic heterocycles. The second-order valence-corrected chi connectivity index (χ2v) is 3.30. The molecule has 0 aliphatic rings. The van der Waals surface area contributed by atoms with Crippen LogP contribution in [0.15, 0.2) is 6.07 Å². The van der Waals surface area contributed by atoms with Crippen LogP contribution in [0.3, 0.4) is 0 Å². The number of nitriles is 1. The molecule has 0 unspecified atom stereocenters. The summed E-state index contributed by atoms with van der Waals surface area (Å²) in [5.41, 5.74) is 1.78. The first kappa shape index (κ1) is 10.5. The van der Waals surface area contributed by atoms with Gasteiger partial charge in [-0.2, -0.15) is 5.26 Å². The summed E-state index contributed by atoms with van der Waals surface area (Å²) >= 11 is 0. The van der Waals surface area contributed by atoms with Gasteiger partial charge >= 0.3 is 0 Å². The molecule has 0 saturated carbocycles. The Hall–Kier alpha value is -1.56. The Balaban J connectivity index is 3.14. The molecular formula is C11H12FNO. The standard InChI is InChI=1S/C11H12FNO/c1-7-6-9(4-3-5-13)8(2)11(14)10(7)12/h6,14H,3-4H2,1-2H3. The minimum absolute atomic E-state index is 0.294. The van der Waals surface area contributed by atoms with Gasteiger partial charge in [0.25, 0.3) is 0 Å². The number of nitrogens with zero attached hydrogens (tertiary/aromatic N) is 1. The predicted octanol–water partition coefficient (Wildman–Crippen LogP) is 2.60. The summed E-state index contributed by atoms with van der Waals surface area (Å²) in [4.78, 5) is 0. The zero-order valence-electron chi connectivity index (χ0n) is 8.26. The molecular weight excluding hydrogens is 181 g/mol. The van der Waals surface area contributed by atoms with Crippen LogP contribution in [0, 0.1) is 31.0 Å². The summed E-state index contributed by atoms with van der Waals surface area (Å²) in [7, 11) is 0. The highest BCUT2D eigenvalue weighted by molar-refractivity contribution is 5.43. The second kappa shape index (κ2) is 4.10. The largest absolute Gasteiger partial charge is 0.505 e. The normalized spacial score (nSPS) is 9.86. The molecule has 2 nitrogen and oxygen atoms in total. The summed E-state index contributed by atoms with van der Waals surface area (Å²) in [6.45, 7) is 3.26. The summed E-state index contributed by atoms with van der Waals surface area (Å²) in [5.74, 6) is -0.860. The second-order valence-electron chi connectivity index (χ2n) is 3.30. The summed E-state index contributed by atoms with van der Waals surface area (Å²) < 4.78 is 13.2. The molecule has 74 valence electrons. The molecule has 0 aliphatic heterocycles. The number of hydrogen-bond acceptors (Lipinski definition) is 2. The molecule has 0 aliphatic carbocycles. The first-order chi connectivity index (χ1) is 6.57. The van der Waals surface area contributed by atoms with Crippen molar-refractivity contribution in [2.45, 2.75) is 26.7 Å². The van der Waals surface area contributed by atoms with Gasteiger partial charge in [-0.05, 0) is 37.0 Å². The van der Waals surface area contributed by atoms with Gasteiger partial charge in [0.15, 0.2) is 11.6 Å². The number of phenolic OH excluding ortho intramolecular Hbond substituents is 1. The number of hydrogen-bond donors (Lipinski definition) is 1. The van der Waals surface area contributed by atoms with Crippen LogP contribution >= 0.6 is 0 Å². The van der Waals surface area contributed by atoms with Crippen molar-refractivity contribution in [3.05, 3.63) is 28.6 Å². The lowest BCUT2D eigenvalue weighted by atomic mass is 10.00. The van der Waals surface area contributed by atoms with Crippen molar-refractivity contribution in [1.82, 2.24) is 0 Å². The van der Waals surface area contributed by atoms with E-state index in [1.165, 1.54) is 0 Å². The molecule has 1 N–H and O–H groups in total. The minimum Gasteiger partial charge on any atom is -0.505 e. The van der Waals surface area contributed by atoms with Gasteiger partial charge in [0, 0.05) is 6.42 Å². The van der Waals surface area contributed by atoms with Crippen molar-refractivity contribution in [2.24, 2.45) is 0 Å². The fourth-order valence-electron chi connectivity index (χ4n) is 1.39. The molecule has 0 radical (unpaired) electrons. The van der Waals surface area contributed by atoms with Gasteiger partial charge < -0.3 is 5.11 Å². The Labute approximate surface area is 82.6 Å². The Morgan fingerprint density at radius 1 is 1.50 bits per heavy atom. The van der Waals surface area contributed by atoms with E-state index in [1.54, 1.807) is 19.9 Å². The number of halogens is 1. The van der Waals surface area contributed by atoms with Gasteiger partial charge in [0.05, 0.1) is 6.07 Å². The van der Waals surface area contributed by atoms with E-state index in [0.29, 0.717) is 24.0 Å². The van der Waals surface area contributed by atoms with Crippen LogP contribution in [0.25, 0.3) is 0 Å². The maximum atomic E-state index is 13.2. The van der Waals surface area contributed by atoms with Crippen molar-refractivity contribution in [2.75, 3.05) is 0 Å². The van der Waals surface area contributed by atoms with Crippen LogP contribution in [0.1, 0.15) is 23.1 Å². The van der Waals surface area contributed by atoms with E-state index in [0.717, 1.165) is 5.56 Å². The first-order valence-corrected chi connectivity index (χ1v) is 4.42. The first-order valence-electron chi connectivity index (χ1n) is 4.42. The highest BCUT2D eigenvalue weighted by Gasteiger charge is 2.11.